The van der Waals surface area contributed by atoms with Gasteiger partial charge in [0.05, 0.1) is 0 Å². The van der Waals surface area contributed by atoms with Crippen molar-refractivity contribution < 1.29 is 0 Å². The molecule has 1 rings (SSSR count). The topological polar surface area (TPSA) is 0 Å². The maximum atomic E-state index is 2.31. The molecule has 1 heteroatoms. The lowest BCUT2D eigenvalue weighted by Crippen LogP contribution is -1.94. The minimum atomic E-state index is 0.825. The lowest BCUT2D eigenvalue weighted by atomic mass is 10.2. The minimum Gasteiger partial charge on any atom is -0.126 e. The van der Waals surface area contributed by atoms with Crippen molar-refractivity contribution in [3.05, 3.63) is 29.8 Å². The summed E-state index contributed by atoms with van der Waals surface area (Å²) in [6, 6.07) is 8.78. The number of thioether (sulfide) groups is 1. The predicted molar refractivity (Wildman–Crippen MR) is 61.4 cm³/mol. The highest BCUT2D eigenvalue weighted by Crippen LogP contribution is 2.21. The molecule has 1 aromatic rings. The molecule has 0 bridgehead atoms. The first kappa shape index (κ1) is 10.6. The van der Waals surface area contributed by atoms with Gasteiger partial charge in [-0.2, -0.15) is 0 Å². The fourth-order valence-corrected chi connectivity index (χ4v) is 2.03. The molecule has 0 N–H and O–H groups in total. The monoisotopic (exact) mass is 194 g/mol. The lowest BCUT2D eigenvalue weighted by Gasteiger charge is -2.07. The van der Waals surface area contributed by atoms with Crippen LogP contribution in [0.3, 0.4) is 0 Å². The Balaban J connectivity index is 2.41. The minimum absolute atomic E-state index is 0.825. The van der Waals surface area contributed by atoms with Crippen LogP contribution in [0.5, 0.6) is 0 Å². The Morgan fingerprint density at radius 3 is 2.38 bits per heavy atom. The molecule has 0 aliphatic carbocycles. The van der Waals surface area contributed by atoms with E-state index < -0.39 is 0 Å². The summed E-state index contributed by atoms with van der Waals surface area (Å²) in [5.41, 5.74) is 1.34. The molecule has 0 aliphatic rings. The van der Waals surface area contributed by atoms with Crippen LogP contribution in [0.4, 0.5) is 0 Å². The quantitative estimate of drug-likeness (QED) is 0.649. The van der Waals surface area contributed by atoms with Crippen LogP contribution in [0, 0.1) is 12.8 Å². The maximum Gasteiger partial charge on any atom is 0.00722 e. The Bertz CT molecular complexity index is 238. The summed E-state index contributed by atoms with van der Waals surface area (Å²) in [6.45, 7) is 6.69. The summed E-state index contributed by atoms with van der Waals surface area (Å²) in [5.74, 6) is 2.06. The average molecular weight is 194 g/mol. The molecule has 0 radical (unpaired) electrons. The Labute approximate surface area is 85.7 Å². The first-order chi connectivity index (χ1) is 6.22. The number of hydrogen-bond acceptors (Lipinski definition) is 1. The third kappa shape index (κ3) is 3.86. The van der Waals surface area contributed by atoms with E-state index in [9.17, 15) is 0 Å². The zero-order chi connectivity index (χ0) is 9.68. The SMILES string of the molecule is CCC(C)CSc1ccc(C)cc1. The van der Waals surface area contributed by atoms with E-state index in [-0.39, 0.29) is 0 Å². The molecule has 0 saturated carbocycles. The molecule has 1 atom stereocenters. The number of rotatable bonds is 4. The van der Waals surface area contributed by atoms with Gasteiger partial charge in [0, 0.05) is 10.6 Å². The summed E-state index contributed by atoms with van der Waals surface area (Å²) in [6.07, 6.45) is 1.28. The second-order valence-electron chi connectivity index (χ2n) is 3.64. The molecule has 0 saturated heterocycles. The molecule has 0 amide bonds. The summed E-state index contributed by atoms with van der Waals surface area (Å²) in [4.78, 5) is 1.39. The van der Waals surface area contributed by atoms with Crippen LogP contribution in [0.1, 0.15) is 25.8 Å². The molecule has 0 spiro atoms. The lowest BCUT2D eigenvalue weighted by molar-refractivity contribution is 0.637. The molecule has 0 aromatic heterocycles. The molecule has 0 nitrogen and oxygen atoms in total. The van der Waals surface area contributed by atoms with Crippen LogP contribution in [-0.4, -0.2) is 5.75 Å². The summed E-state index contributed by atoms with van der Waals surface area (Å²) in [7, 11) is 0. The standard InChI is InChI=1S/C12H18S/c1-4-10(2)9-13-12-7-5-11(3)6-8-12/h5-8,10H,4,9H2,1-3H3. The van der Waals surface area contributed by atoms with Crippen LogP contribution in [0.2, 0.25) is 0 Å². The van der Waals surface area contributed by atoms with Crippen molar-refractivity contribution >= 4 is 11.8 Å². The summed E-state index contributed by atoms with van der Waals surface area (Å²) < 4.78 is 0. The van der Waals surface area contributed by atoms with Crippen LogP contribution in [0.15, 0.2) is 29.2 Å². The first-order valence-electron chi connectivity index (χ1n) is 4.92. The predicted octanol–water partition coefficient (Wildman–Crippen LogP) is 4.13. The molecule has 0 heterocycles. The molecular weight excluding hydrogens is 176 g/mol. The van der Waals surface area contributed by atoms with Gasteiger partial charge in [-0.05, 0) is 25.0 Å². The van der Waals surface area contributed by atoms with Crippen LogP contribution < -0.4 is 0 Å². The summed E-state index contributed by atoms with van der Waals surface area (Å²) in [5, 5.41) is 0. The van der Waals surface area contributed by atoms with E-state index in [2.05, 4.69) is 45.0 Å². The highest BCUT2D eigenvalue weighted by molar-refractivity contribution is 7.99. The fraction of sp³-hybridized carbons (Fsp3) is 0.500. The van der Waals surface area contributed by atoms with Gasteiger partial charge in [-0.1, -0.05) is 38.0 Å². The molecule has 1 unspecified atom stereocenters. The Hall–Kier alpha value is -0.430. The summed E-state index contributed by atoms with van der Waals surface area (Å²) >= 11 is 1.96. The molecule has 13 heavy (non-hydrogen) atoms. The van der Waals surface area contributed by atoms with Crippen molar-refractivity contribution in [2.45, 2.75) is 32.1 Å². The Kier molecular flexibility index (Phi) is 4.37. The van der Waals surface area contributed by atoms with E-state index in [1.54, 1.807) is 0 Å². The van der Waals surface area contributed by atoms with Crippen LogP contribution in [0.25, 0.3) is 0 Å². The Morgan fingerprint density at radius 1 is 1.23 bits per heavy atom. The molecule has 1 aromatic carbocycles. The molecule has 0 fully saturated rings. The molecular formula is C12H18S. The van der Waals surface area contributed by atoms with E-state index in [0.29, 0.717) is 0 Å². The fourth-order valence-electron chi connectivity index (χ4n) is 0.991. The van der Waals surface area contributed by atoms with Gasteiger partial charge >= 0.3 is 0 Å². The van der Waals surface area contributed by atoms with E-state index in [0.717, 1.165) is 5.92 Å². The second-order valence-corrected chi connectivity index (χ2v) is 4.73. The van der Waals surface area contributed by atoms with Crippen molar-refractivity contribution in [3.8, 4) is 0 Å². The van der Waals surface area contributed by atoms with Gasteiger partial charge in [-0.25, -0.2) is 0 Å². The van der Waals surface area contributed by atoms with Gasteiger partial charge in [-0.15, -0.1) is 11.8 Å². The van der Waals surface area contributed by atoms with Gasteiger partial charge < -0.3 is 0 Å². The zero-order valence-corrected chi connectivity index (χ0v) is 9.53. The molecule has 0 aliphatic heterocycles. The van der Waals surface area contributed by atoms with Crippen molar-refractivity contribution in [2.24, 2.45) is 5.92 Å². The van der Waals surface area contributed by atoms with Gasteiger partial charge in [-0.3, -0.25) is 0 Å². The Morgan fingerprint density at radius 2 is 1.85 bits per heavy atom. The first-order valence-corrected chi connectivity index (χ1v) is 5.90. The largest absolute Gasteiger partial charge is 0.126 e. The van der Waals surface area contributed by atoms with E-state index in [1.807, 2.05) is 11.8 Å². The van der Waals surface area contributed by atoms with Gasteiger partial charge in [0.15, 0.2) is 0 Å². The van der Waals surface area contributed by atoms with Crippen molar-refractivity contribution in [3.63, 3.8) is 0 Å². The third-order valence-electron chi connectivity index (χ3n) is 2.25. The maximum absolute atomic E-state index is 2.31. The van der Waals surface area contributed by atoms with Crippen molar-refractivity contribution in [1.29, 1.82) is 0 Å². The van der Waals surface area contributed by atoms with Crippen LogP contribution >= 0.6 is 11.8 Å². The second kappa shape index (κ2) is 5.33. The van der Waals surface area contributed by atoms with E-state index in [4.69, 9.17) is 0 Å². The van der Waals surface area contributed by atoms with Gasteiger partial charge in [0.25, 0.3) is 0 Å². The number of hydrogen-bond donors (Lipinski definition) is 0. The highest BCUT2D eigenvalue weighted by Gasteiger charge is 1.99. The van der Waals surface area contributed by atoms with Gasteiger partial charge in [0.1, 0.15) is 0 Å². The van der Waals surface area contributed by atoms with Gasteiger partial charge in [0.2, 0.25) is 0 Å². The zero-order valence-electron chi connectivity index (χ0n) is 8.71. The smallest absolute Gasteiger partial charge is 0.00722 e. The van der Waals surface area contributed by atoms with E-state index >= 15 is 0 Å². The number of benzene rings is 1. The van der Waals surface area contributed by atoms with Crippen LogP contribution in [-0.2, 0) is 0 Å². The van der Waals surface area contributed by atoms with Crippen molar-refractivity contribution in [2.75, 3.05) is 5.75 Å². The molecule has 72 valence electrons. The van der Waals surface area contributed by atoms with Crippen molar-refractivity contribution in [1.82, 2.24) is 0 Å². The normalized spacial score (nSPS) is 12.8. The highest BCUT2D eigenvalue weighted by atomic mass is 32.2. The average Bonchev–Trinajstić information content (AvgIpc) is 2.16. The number of aryl methyl sites for hydroxylation is 1. The third-order valence-corrected chi connectivity index (χ3v) is 3.59. The van der Waals surface area contributed by atoms with E-state index in [1.165, 1.54) is 22.6 Å².